The number of allylic oxidation sites excluding steroid dienone is 1. The molecule has 0 radical (unpaired) electrons. The second-order valence-electron chi connectivity index (χ2n) is 7.43. The van der Waals surface area contributed by atoms with Gasteiger partial charge in [-0.3, -0.25) is 4.79 Å². The summed E-state index contributed by atoms with van der Waals surface area (Å²) in [4.78, 5) is 12.7. The fourth-order valence-corrected chi connectivity index (χ4v) is 4.02. The van der Waals surface area contributed by atoms with Crippen molar-refractivity contribution in [2.45, 2.75) is 12.3 Å². The van der Waals surface area contributed by atoms with Crippen molar-refractivity contribution in [3.8, 4) is 17.6 Å². The van der Waals surface area contributed by atoms with Gasteiger partial charge in [-0.05, 0) is 34.5 Å². The summed E-state index contributed by atoms with van der Waals surface area (Å²) < 4.78 is 16.8. The third-order valence-corrected chi connectivity index (χ3v) is 5.46. The van der Waals surface area contributed by atoms with Gasteiger partial charge >= 0.3 is 5.97 Å². The molecule has 0 fully saturated rings. The monoisotopic (exact) mass is 422 g/mol. The lowest BCUT2D eigenvalue weighted by Crippen LogP contribution is -2.21. The Morgan fingerprint density at radius 3 is 2.72 bits per heavy atom. The number of carbonyl (C=O) groups excluding carboxylic acids is 1. The van der Waals surface area contributed by atoms with Gasteiger partial charge in [0.1, 0.15) is 28.9 Å². The van der Waals surface area contributed by atoms with Crippen molar-refractivity contribution in [3.05, 3.63) is 107 Å². The normalized spacial score (nSPS) is 15.0. The molecule has 0 saturated heterocycles. The number of hydrogen-bond donors (Lipinski definition) is 1. The molecule has 2 N–H and O–H groups in total. The van der Waals surface area contributed by atoms with E-state index in [1.54, 1.807) is 36.6 Å². The van der Waals surface area contributed by atoms with E-state index in [4.69, 9.17) is 19.6 Å². The van der Waals surface area contributed by atoms with Crippen molar-refractivity contribution in [2.24, 2.45) is 5.73 Å². The van der Waals surface area contributed by atoms with E-state index in [2.05, 4.69) is 6.07 Å². The first kappa shape index (κ1) is 19.5. The third-order valence-electron chi connectivity index (χ3n) is 5.46. The smallest absolute Gasteiger partial charge is 0.315 e. The predicted octanol–water partition coefficient (Wildman–Crippen LogP) is 4.80. The molecule has 0 aliphatic carbocycles. The number of benzene rings is 3. The molecule has 1 unspecified atom stereocenters. The molecular weight excluding hydrogens is 404 g/mol. The van der Waals surface area contributed by atoms with Crippen molar-refractivity contribution in [2.75, 3.05) is 0 Å². The van der Waals surface area contributed by atoms with Crippen LogP contribution in [0.2, 0.25) is 0 Å². The Morgan fingerprint density at radius 2 is 1.91 bits per heavy atom. The summed E-state index contributed by atoms with van der Waals surface area (Å²) >= 11 is 0. The molecule has 4 aromatic rings. The summed E-state index contributed by atoms with van der Waals surface area (Å²) in [5.41, 5.74) is 7.87. The lowest BCUT2D eigenvalue weighted by Gasteiger charge is -2.25. The molecular formula is C26H18N2O4. The first-order valence-corrected chi connectivity index (χ1v) is 10.1. The molecule has 0 spiro atoms. The van der Waals surface area contributed by atoms with Crippen LogP contribution < -0.4 is 15.2 Å². The molecule has 5 rings (SSSR count). The molecule has 1 aliphatic heterocycles. The standard InChI is InChI=1S/C26H18N2O4/c27-15-21-25(22-9-4-12-30-22)20-11-10-18(14-23(20)32-26(21)28)31-24(29)13-17-7-3-6-16-5-1-2-8-19(16)17/h1-12,14,25H,13,28H2. The lowest BCUT2D eigenvalue weighted by molar-refractivity contribution is -0.133. The number of esters is 1. The highest BCUT2D eigenvalue weighted by molar-refractivity contribution is 5.89. The average Bonchev–Trinajstić information content (AvgIpc) is 3.33. The third kappa shape index (κ3) is 3.46. The second kappa shape index (κ2) is 7.97. The van der Waals surface area contributed by atoms with Crippen molar-refractivity contribution in [1.29, 1.82) is 5.26 Å². The Labute approximate surface area is 184 Å². The number of hydrogen-bond acceptors (Lipinski definition) is 6. The molecule has 156 valence electrons. The van der Waals surface area contributed by atoms with Gasteiger partial charge in [-0.1, -0.05) is 48.5 Å². The van der Waals surface area contributed by atoms with Gasteiger partial charge in [0, 0.05) is 11.6 Å². The number of rotatable bonds is 4. The largest absolute Gasteiger partial charge is 0.468 e. The molecule has 6 heteroatoms. The van der Waals surface area contributed by atoms with Crippen LogP contribution in [0.25, 0.3) is 10.8 Å². The van der Waals surface area contributed by atoms with Crippen LogP contribution in [-0.4, -0.2) is 5.97 Å². The fourth-order valence-electron chi connectivity index (χ4n) is 4.02. The summed E-state index contributed by atoms with van der Waals surface area (Å²) in [6, 6.07) is 24.4. The lowest BCUT2D eigenvalue weighted by atomic mass is 9.87. The quantitative estimate of drug-likeness (QED) is 0.375. The van der Waals surface area contributed by atoms with Gasteiger partial charge in [0.25, 0.3) is 0 Å². The molecule has 1 atom stereocenters. The SMILES string of the molecule is N#CC1=C(N)Oc2cc(OC(=O)Cc3cccc4ccccc34)ccc2C1c1ccco1. The molecule has 0 amide bonds. The van der Waals surface area contributed by atoms with E-state index in [-0.39, 0.29) is 23.8 Å². The number of nitriles is 1. The molecule has 2 heterocycles. The Balaban J connectivity index is 1.41. The summed E-state index contributed by atoms with van der Waals surface area (Å²) in [7, 11) is 0. The molecule has 1 aliphatic rings. The Morgan fingerprint density at radius 1 is 1.06 bits per heavy atom. The van der Waals surface area contributed by atoms with Crippen LogP contribution in [0.3, 0.4) is 0 Å². The highest BCUT2D eigenvalue weighted by Gasteiger charge is 2.32. The van der Waals surface area contributed by atoms with E-state index < -0.39 is 5.92 Å². The average molecular weight is 422 g/mol. The van der Waals surface area contributed by atoms with E-state index in [1.165, 1.54) is 0 Å². The molecule has 1 aromatic heterocycles. The maximum atomic E-state index is 12.7. The van der Waals surface area contributed by atoms with E-state index in [1.807, 2.05) is 42.5 Å². The van der Waals surface area contributed by atoms with E-state index in [0.717, 1.165) is 16.3 Å². The van der Waals surface area contributed by atoms with Gasteiger partial charge in [-0.15, -0.1) is 0 Å². The molecule has 3 aromatic carbocycles. The number of fused-ring (bicyclic) bond motifs is 2. The number of nitrogens with zero attached hydrogens (tertiary/aromatic N) is 1. The minimum absolute atomic E-state index is 0.000585. The van der Waals surface area contributed by atoms with Crippen LogP contribution in [0.15, 0.2) is 94.9 Å². The fraction of sp³-hybridized carbons (Fsp3) is 0.0769. The summed E-state index contributed by atoms with van der Waals surface area (Å²) in [5, 5.41) is 11.7. The molecule has 0 bridgehead atoms. The van der Waals surface area contributed by atoms with Gasteiger partial charge in [-0.2, -0.15) is 5.26 Å². The maximum absolute atomic E-state index is 12.7. The maximum Gasteiger partial charge on any atom is 0.315 e. The minimum Gasteiger partial charge on any atom is -0.468 e. The second-order valence-corrected chi connectivity index (χ2v) is 7.43. The number of ether oxygens (including phenoxy) is 2. The highest BCUT2D eigenvalue weighted by Crippen LogP contribution is 2.43. The Kier molecular flexibility index (Phi) is 4.85. The first-order chi connectivity index (χ1) is 15.6. The van der Waals surface area contributed by atoms with Crippen molar-refractivity contribution >= 4 is 16.7 Å². The van der Waals surface area contributed by atoms with Crippen LogP contribution in [0.5, 0.6) is 11.5 Å². The number of nitrogens with two attached hydrogens (primary N) is 1. The van der Waals surface area contributed by atoms with E-state index in [9.17, 15) is 10.1 Å². The Bertz CT molecular complexity index is 1390. The minimum atomic E-state index is -0.487. The van der Waals surface area contributed by atoms with Gasteiger partial charge < -0.3 is 19.6 Å². The van der Waals surface area contributed by atoms with E-state index >= 15 is 0 Å². The van der Waals surface area contributed by atoms with Gasteiger partial charge in [0.05, 0.1) is 18.6 Å². The van der Waals surface area contributed by atoms with Crippen molar-refractivity contribution < 1.29 is 18.7 Å². The zero-order chi connectivity index (χ0) is 22.1. The van der Waals surface area contributed by atoms with Crippen LogP contribution in [-0.2, 0) is 11.2 Å². The number of carbonyl (C=O) groups is 1. The van der Waals surface area contributed by atoms with Crippen LogP contribution in [0.4, 0.5) is 0 Å². The van der Waals surface area contributed by atoms with Crippen LogP contribution in [0, 0.1) is 11.3 Å². The van der Waals surface area contributed by atoms with Crippen molar-refractivity contribution in [1.82, 2.24) is 0 Å². The Hall–Kier alpha value is -4.50. The predicted molar refractivity (Wildman–Crippen MR) is 118 cm³/mol. The van der Waals surface area contributed by atoms with Gasteiger partial charge in [0.15, 0.2) is 0 Å². The van der Waals surface area contributed by atoms with Gasteiger partial charge in [0.2, 0.25) is 5.88 Å². The number of furan rings is 1. The first-order valence-electron chi connectivity index (χ1n) is 10.1. The van der Waals surface area contributed by atoms with E-state index in [0.29, 0.717) is 22.8 Å². The van der Waals surface area contributed by atoms with Crippen molar-refractivity contribution in [3.63, 3.8) is 0 Å². The molecule has 32 heavy (non-hydrogen) atoms. The van der Waals surface area contributed by atoms with Crippen LogP contribution >= 0.6 is 0 Å². The summed E-state index contributed by atoms with van der Waals surface area (Å²) in [5.74, 6) is 0.453. The summed E-state index contributed by atoms with van der Waals surface area (Å²) in [6.45, 7) is 0. The molecule has 6 nitrogen and oxygen atoms in total. The summed E-state index contributed by atoms with van der Waals surface area (Å²) in [6.07, 6.45) is 1.67. The van der Waals surface area contributed by atoms with Crippen LogP contribution in [0.1, 0.15) is 22.8 Å². The highest BCUT2D eigenvalue weighted by atomic mass is 16.5. The molecule has 0 saturated carbocycles. The zero-order valence-corrected chi connectivity index (χ0v) is 16.9. The van der Waals surface area contributed by atoms with Gasteiger partial charge in [-0.25, -0.2) is 0 Å². The zero-order valence-electron chi connectivity index (χ0n) is 16.9. The topological polar surface area (TPSA) is 98.5 Å².